The molecule has 1 aromatic carbocycles. The smallest absolute Gasteiger partial charge is 0.387 e. The van der Waals surface area contributed by atoms with E-state index in [1.165, 1.54) is 6.07 Å². The van der Waals surface area contributed by atoms with Gasteiger partial charge in [-0.2, -0.15) is 8.78 Å². The SMILES string of the molecule is FC(F)Oc1cc(Cl)ccc1CC1=NCCN1. The van der Waals surface area contributed by atoms with Crippen LogP contribution < -0.4 is 10.1 Å². The first-order chi connectivity index (χ1) is 8.15. The number of halogens is 3. The number of nitrogens with zero attached hydrogens (tertiary/aromatic N) is 1. The Kier molecular flexibility index (Phi) is 3.78. The summed E-state index contributed by atoms with van der Waals surface area (Å²) in [4.78, 5) is 4.20. The molecule has 0 radical (unpaired) electrons. The quantitative estimate of drug-likeness (QED) is 0.902. The summed E-state index contributed by atoms with van der Waals surface area (Å²) in [7, 11) is 0. The van der Waals surface area contributed by atoms with Crippen LogP contribution in [0, 0.1) is 0 Å². The molecule has 1 aromatic rings. The van der Waals surface area contributed by atoms with Crippen LogP contribution in [0.15, 0.2) is 23.2 Å². The van der Waals surface area contributed by atoms with E-state index < -0.39 is 6.61 Å². The molecule has 0 fully saturated rings. The average molecular weight is 261 g/mol. The van der Waals surface area contributed by atoms with E-state index in [0.717, 1.165) is 12.4 Å². The van der Waals surface area contributed by atoms with Crippen LogP contribution in [0.1, 0.15) is 5.56 Å². The maximum atomic E-state index is 12.2. The number of ether oxygens (including phenoxy) is 1. The molecule has 2 rings (SSSR count). The number of aliphatic imine (C=N–C) groups is 1. The fraction of sp³-hybridized carbons (Fsp3) is 0.364. The van der Waals surface area contributed by atoms with Crippen molar-refractivity contribution in [3.63, 3.8) is 0 Å². The fourth-order valence-electron chi connectivity index (χ4n) is 1.63. The van der Waals surface area contributed by atoms with E-state index in [9.17, 15) is 8.78 Å². The predicted molar refractivity (Wildman–Crippen MR) is 62.1 cm³/mol. The van der Waals surface area contributed by atoms with Gasteiger partial charge >= 0.3 is 6.61 Å². The number of hydrogen-bond acceptors (Lipinski definition) is 3. The molecule has 0 saturated heterocycles. The van der Waals surface area contributed by atoms with Crippen molar-refractivity contribution in [2.45, 2.75) is 13.0 Å². The third-order valence-corrected chi connectivity index (χ3v) is 2.58. The lowest BCUT2D eigenvalue weighted by Crippen LogP contribution is -2.21. The zero-order valence-corrected chi connectivity index (χ0v) is 9.68. The molecule has 0 spiro atoms. The molecule has 0 aromatic heterocycles. The summed E-state index contributed by atoms with van der Waals surface area (Å²) in [6.45, 7) is -1.35. The number of alkyl halides is 2. The molecule has 0 atom stereocenters. The summed E-state index contributed by atoms with van der Waals surface area (Å²) >= 11 is 5.75. The van der Waals surface area contributed by atoms with E-state index in [0.29, 0.717) is 23.6 Å². The number of benzene rings is 1. The Morgan fingerprint density at radius 2 is 2.29 bits per heavy atom. The van der Waals surface area contributed by atoms with Crippen molar-refractivity contribution in [3.05, 3.63) is 28.8 Å². The summed E-state index contributed by atoms with van der Waals surface area (Å²) in [5.74, 6) is 0.885. The molecule has 1 aliphatic heterocycles. The van der Waals surface area contributed by atoms with Gasteiger partial charge in [-0.3, -0.25) is 4.99 Å². The van der Waals surface area contributed by atoms with Crippen LogP contribution in [-0.2, 0) is 6.42 Å². The Bertz CT molecular complexity index is 437. The van der Waals surface area contributed by atoms with Crippen LogP contribution >= 0.6 is 11.6 Å². The molecule has 0 amide bonds. The van der Waals surface area contributed by atoms with Gasteiger partial charge in [0.2, 0.25) is 0 Å². The van der Waals surface area contributed by atoms with Crippen molar-refractivity contribution < 1.29 is 13.5 Å². The molecule has 3 nitrogen and oxygen atoms in total. The molecule has 0 saturated carbocycles. The molecule has 1 N–H and O–H groups in total. The van der Waals surface area contributed by atoms with Gasteiger partial charge in [0.15, 0.2) is 0 Å². The van der Waals surface area contributed by atoms with Crippen molar-refractivity contribution in [1.82, 2.24) is 5.32 Å². The highest BCUT2D eigenvalue weighted by Gasteiger charge is 2.13. The number of amidine groups is 1. The van der Waals surface area contributed by atoms with Gasteiger partial charge < -0.3 is 10.1 Å². The van der Waals surface area contributed by atoms with Crippen LogP contribution in [0.25, 0.3) is 0 Å². The van der Waals surface area contributed by atoms with Crippen LogP contribution in [0.3, 0.4) is 0 Å². The average Bonchev–Trinajstić information content (AvgIpc) is 2.74. The first kappa shape index (κ1) is 12.1. The second kappa shape index (κ2) is 5.31. The Labute approximate surface area is 102 Å². The van der Waals surface area contributed by atoms with Crippen molar-refractivity contribution in [1.29, 1.82) is 0 Å². The second-order valence-electron chi connectivity index (χ2n) is 3.56. The lowest BCUT2D eigenvalue weighted by Gasteiger charge is -2.11. The molecule has 92 valence electrons. The topological polar surface area (TPSA) is 33.6 Å². The second-order valence-corrected chi connectivity index (χ2v) is 4.00. The van der Waals surface area contributed by atoms with Crippen molar-refractivity contribution >= 4 is 17.4 Å². The maximum Gasteiger partial charge on any atom is 0.387 e. The zero-order chi connectivity index (χ0) is 12.3. The molecule has 0 aliphatic carbocycles. The lowest BCUT2D eigenvalue weighted by molar-refractivity contribution is -0.0503. The van der Waals surface area contributed by atoms with Gasteiger partial charge in [0.05, 0.1) is 6.54 Å². The van der Waals surface area contributed by atoms with Crippen LogP contribution in [0.5, 0.6) is 5.75 Å². The first-order valence-electron chi connectivity index (χ1n) is 5.15. The van der Waals surface area contributed by atoms with E-state index in [1.807, 2.05) is 0 Å². The molecular formula is C11H11ClF2N2O. The number of rotatable bonds is 4. The van der Waals surface area contributed by atoms with Crippen molar-refractivity contribution in [2.75, 3.05) is 13.1 Å². The minimum absolute atomic E-state index is 0.101. The van der Waals surface area contributed by atoms with Crippen molar-refractivity contribution in [3.8, 4) is 5.75 Å². The van der Waals surface area contributed by atoms with E-state index in [1.54, 1.807) is 12.1 Å². The highest BCUT2D eigenvalue weighted by molar-refractivity contribution is 6.30. The Hall–Kier alpha value is -1.36. The molecule has 17 heavy (non-hydrogen) atoms. The monoisotopic (exact) mass is 260 g/mol. The summed E-state index contributed by atoms with van der Waals surface area (Å²) in [5, 5.41) is 3.44. The molecular weight excluding hydrogens is 250 g/mol. The van der Waals surface area contributed by atoms with Gasteiger partial charge in [-0.15, -0.1) is 0 Å². The van der Waals surface area contributed by atoms with E-state index in [4.69, 9.17) is 11.6 Å². The van der Waals surface area contributed by atoms with Crippen LogP contribution in [0.4, 0.5) is 8.78 Å². The maximum absolute atomic E-state index is 12.2. The van der Waals surface area contributed by atoms with Gasteiger partial charge in [-0.25, -0.2) is 0 Å². The zero-order valence-electron chi connectivity index (χ0n) is 8.92. The standard InChI is InChI=1S/C11H11ClF2N2O/c12-8-2-1-7(5-10-15-3-4-16-10)9(6-8)17-11(13)14/h1-2,6,11H,3-5H2,(H,15,16). The summed E-state index contributed by atoms with van der Waals surface area (Å²) in [6, 6.07) is 4.70. The molecule has 6 heteroatoms. The normalized spacial score (nSPS) is 14.7. The minimum Gasteiger partial charge on any atom is -0.434 e. The van der Waals surface area contributed by atoms with Gasteiger partial charge in [0, 0.05) is 23.6 Å². The fourth-order valence-corrected chi connectivity index (χ4v) is 1.79. The molecule has 1 heterocycles. The predicted octanol–water partition coefficient (Wildman–Crippen LogP) is 2.49. The summed E-state index contributed by atoms with van der Waals surface area (Å²) in [5.41, 5.74) is 0.642. The summed E-state index contributed by atoms with van der Waals surface area (Å²) in [6.07, 6.45) is 0.444. The van der Waals surface area contributed by atoms with Gasteiger partial charge in [0.25, 0.3) is 0 Å². The Morgan fingerprint density at radius 3 is 2.94 bits per heavy atom. The highest BCUT2D eigenvalue weighted by atomic mass is 35.5. The Morgan fingerprint density at radius 1 is 1.47 bits per heavy atom. The van der Waals surface area contributed by atoms with Gasteiger partial charge in [0.1, 0.15) is 11.6 Å². The number of hydrogen-bond donors (Lipinski definition) is 1. The first-order valence-corrected chi connectivity index (χ1v) is 5.53. The van der Waals surface area contributed by atoms with E-state index in [2.05, 4.69) is 15.0 Å². The Balaban J connectivity index is 2.19. The van der Waals surface area contributed by atoms with Crippen molar-refractivity contribution in [2.24, 2.45) is 4.99 Å². The third-order valence-electron chi connectivity index (χ3n) is 2.35. The van der Waals surface area contributed by atoms with Crippen LogP contribution in [0.2, 0.25) is 5.02 Å². The summed E-state index contributed by atoms with van der Waals surface area (Å²) < 4.78 is 28.9. The third kappa shape index (κ3) is 3.30. The van der Waals surface area contributed by atoms with Gasteiger partial charge in [-0.1, -0.05) is 17.7 Å². The minimum atomic E-state index is -2.86. The molecule has 0 unspecified atom stereocenters. The largest absolute Gasteiger partial charge is 0.434 e. The highest BCUT2D eigenvalue weighted by Crippen LogP contribution is 2.25. The van der Waals surface area contributed by atoms with E-state index >= 15 is 0 Å². The molecule has 0 bridgehead atoms. The van der Waals surface area contributed by atoms with E-state index in [-0.39, 0.29) is 5.75 Å². The molecule has 1 aliphatic rings. The van der Waals surface area contributed by atoms with Crippen LogP contribution in [-0.4, -0.2) is 25.5 Å². The lowest BCUT2D eigenvalue weighted by atomic mass is 10.1. The van der Waals surface area contributed by atoms with Gasteiger partial charge in [-0.05, 0) is 12.1 Å². The number of nitrogens with one attached hydrogen (secondary N) is 1.